The smallest absolute Gasteiger partial charge is 0.138 e. The molecule has 18 heavy (non-hydrogen) atoms. The Kier molecular flexibility index (Phi) is 5.63. The van der Waals surface area contributed by atoms with E-state index in [1.54, 1.807) is 0 Å². The lowest BCUT2D eigenvalue weighted by molar-refractivity contribution is -0.00000530. The van der Waals surface area contributed by atoms with E-state index in [1.165, 1.54) is 0 Å². The van der Waals surface area contributed by atoms with Crippen molar-refractivity contribution >= 4 is 11.0 Å². The highest BCUT2D eigenvalue weighted by Gasteiger charge is 2.15. The molecule has 3 nitrogen and oxygen atoms in total. The number of hydrogen-bond acceptors (Lipinski definition) is 2. The number of hydrogen-bond donors (Lipinski definition) is 1. The van der Waals surface area contributed by atoms with Crippen molar-refractivity contribution in [1.82, 2.24) is 9.55 Å². The average Bonchev–Trinajstić information content (AvgIpc) is 2.74. The van der Waals surface area contributed by atoms with Gasteiger partial charge in [-0.05, 0) is 25.0 Å². The fourth-order valence-electron chi connectivity index (χ4n) is 2.08. The molecule has 2 rings (SSSR count). The third-order valence-corrected chi connectivity index (χ3v) is 3.10. The van der Waals surface area contributed by atoms with E-state index in [0.717, 1.165) is 36.2 Å². The van der Waals surface area contributed by atoms with Crippen molar-refractivity contribution in [3.8, 4) is 0 Å². The lowest BCUT2D eigenvalue weighted by Crippen LogP contribution is -3.00. The Hall–Kier alpha value is -1.06. The molecule has 1 aromatic carbocycles. The molecule has 0 saturated carbocycles. The third-order valence-electron chi connectivity index (χ3n) is 3.10. The summed E-state index contributed by atoms with van der Waals surface area (Å²) in [5.74, 6) is 0.808. The van der Waals surface area contributed by atoms with Gasteiger partial charge in [0.05, 0.1) is 11.0 Å². The van der Waals surface area contributed by atoms with Crippen LogP contribution in [-0.4, -0.2) is 14.7 Å². The highest BCUT2D eigenvalue weighted by molar-refractivity contribution is 5.75. The number of unbranched alkanes of at least 4 members (excludes halogenated alkanes) is 1. The molecule has 0 aliphatic carbocycles. The Balaban J connectivity index is 0.00000162. The van der Waals surface area contributed by atoms with Crippen molar-refractivity contribution in [3.63, 3.8) is 0 Å². The molecule has 4 heteroatoms. The summed E-state index contributed by atoms with van der Waals surface area (Å²) in [6.07, 6.45) is 2.51. The number of imidazole rings is 1. The molecule has 0 aliphatic heterocycles. The highest BCUT2D eigenvalue weighted by Crippen LogP contribution is 2.23. The monoisotopic (exact) mass is 267 g/mol. The van der Waals surface area contributed by atoms with Gasteiger partial charge in [0.25, 0.3) is 0 Å². The van der Waals surface area contributed by atoms with Crippen molar-refractivity contribution in [1.29, 1.82) is 0 Å². The summed E-state index contributed by atoms with van der Waals surface area (Å²) in [6.45, 7) is 5.09. The molecule has 0 spiro atoms. The van der Waals surface area contributed by atoms with E-state index in [0.29, 0.717) is 6.42 Å². The maximum absolute atomic E-state index is 10.0. The molecule has 1 unspecified atom stereocenters. The van der Waals surface area contributed by atoms with Crippen molar-refractivity contribution in [3.05, 3.63) is 30.1 Å². The molecule has 0 bridgehead atoms. The first-order valence-electron chi connectivity index (χ1n) is 6.41. The molecule has 2 aromatic rings. The normalized spacial score (nSPS) is 12.4. The van der Waals surface area contributed by atoms with Crippen LogP contribution in [0.25, 0.3) is 11.0 Å². The average molecular weight is 268 g/mol. The van der Waals surface area contributed by atoms with Crippen LogP contribution in [0.15, 0.2) is 24.3 Å². The van der Waals surface area contributed by atoms with Gasteiger partial charge in [0.2, 0.25) is 0 Å². The summed E-state index contributed by atoms with van der Waals surface area (Å²) < 4.78 is 2.16. The van der Waals surface area contributed by atoms with Crippen LogP contribution < -0.4 is 12.4 Å². The maximum Gasteiger partial charge on any atom is 0.138 e. The van der Waals surface area contributed by atoms with Gasteiger partial charge < -0.3 is 22.1 Å². The minimum Gasteiger partial charge on any atom is -1.00 e. The maximum atomic E-state index is 10.0. The van der Waals surface area contributed by atoms with E-state index >= 15 is 0 Å². The number of aliphatic hydroxyl groups is 1. The highest BCUT2D eigenvalue weighted by atomic mass is 35.5. The topological polar surface area (TPSA) is 38.0 Å². The molecular formula is C14H20ClN2O-. The first-order chi connectivity index (χ1) is 8.27. The second-order valence-electron chi connectivity index (χ2n) is 4.39. The Bertz CT molecular complexity index is 495. The van der Waals surface area contributed by atoms with E-state index in [2.05, 4.69) is 22.5 Å². The summed E-state index contributed by atoms with van der Waals surface area (Å²) in [7, 11) is 0. The number of aliphatic hydroxyl groups excluding tert-OH is 1. The molecule has 1 atom stereocenters. The first-order valence-corrected chi connectivity index (χ1v) is 6.41. The van der Waals surface area contributed by atoms with E-state index < -0.39 is 6.10 Å². The quantitative estimate of drug-likeness (QED) is 0.845. The number of aromatic nitrogens is 2. The number of fused-ring (bicyclic) bond motifs is 1. The minimum atomic E-state index is -0.459. The first kappa shape index (κ1) is 15.0. The number of benzene rings is 1. The molecule has 0 radical (unpaired) electrons. The van der Waals surface area contributed by atoms with E-state index in [9.17, 15) is 5.11 Å². The van der Waals surface area contributed by atoms with Gasteiger partial charge in [-0.3, -0.25) is 0 Å². The van der Waals surface area contributed by atoms with Gasteiger partial charge in [0.15, 0.2) is 0 Å². The molecule has 1 N–H and O–H groups in total. The van der Waals surface area contributed by atoms with Gasteiger partial charge in [-0.2, -0.15) is 0 Å². The summed E-state index contributed by atoms with van der Waals surface area (Å²) in [5, 5.41) is 10.0. The molecule has 100 valence electrons. The van der Waals surface area contributed by atoms with Gasteiger partial charge >= 0.3 is 0 Å². The zero-order valence-electron chi connectivity index (χ0n) is 10.9. The number of halogens is 1. The standard InChI is InChI=1S/C14H20N2O.ClH/c1-3-5-10-16-12-9-7-6-8-11(12)15-14(16)13(17)4-2;/h6-9,13,17H,3-5,10H2,1-2H3;1H/p-1. The molecule has 0 fully saturated rings. The SMILES string of the molecule is CCCCn1c(C(O)CC)nc2ccccc21.[Cl-]. The molecule has 0 aliphatic rings. The van der Waals surface area contributed by atoms with Gasteiger partial charge in [0, 0.05) is 6.54 Å². The lowest BCUT2D eigenvalue weighted by atomic mass is 10.2. The second-order valence-corrected chi connectivity index (χ2v) is 4.39. The fourth-order valence-corrected chi connectivity index (χ4v) is 2.08. The molecule has 0 saturated heterocycles. The second kappa shape index (κ2) is 6.76. The summed E-state index contributed by atoms with van der Waals surface area (Å²) >= 11 is 0. The van der Waals surface area contributed by atoms with Crippen LogP contribution in [0.2, 0.25) is 0 Å². The van der Waals surface area contributed by atoms with E-state index in [1.807, 2.05) is 25.1 Å². The summed E-state index contributed by atoms with van der Waals surface area (Å²) in [6, 6.07) is 8.09. The van der Waals surface area contributed by atoms with Crippen LogP contribution in [0, 0.1) is 0 Å². The van der Waals surface area contributed by atoms with E-state index in [-0.39, 0.29) is 12.4 Å². The largest absolute Gasteiger partial charge is 1.00 e. The van der Waals surface area contributed by atoms with Crippen molar-refractivity contribution in [2.45, 2.75) is 45.8 Å². The van der Waals surface area contributed by atoms with Crippen molar-refractivity contribution < 1.29 is 17.5 Å². The third kappa shape index (κ3) is 2.85. The molecular weight excluding hydrogens is 248 g/mol. The summed E-state index contributed by atoms with van der Waals surface area (Å²) in [4.78, 5) is 4.55. The van der Waals surface area contributed by atoms with Crippen LogP contribution in [-0.2, 0) is 6.54 Å². The molecule has 1 heterocycles. The van der Waals surface area contributed by atoms with Crippen LogP contribution >= 0.6 is 0 Å². The van der Waals surface area contributed by atoms with Crippen LogP contribution in [0.5, 0.6) is 0 Å². The van der Waals surface area contributed by atoms with Crippen LogP contribution in [0.3, 0.4) is 0 Å². The molecule has 0 amide bonds. The molecule has 1 aromatic heterocycles. The zero-order valence-corrected chi connectivity index (χ0v) is 11.7. The predicted molar refractivity (Wildman–Crippen MR) is 69.9 cm³/mol. The van der Waals surface area contributed by atoms with Gasteiger partial charge in [-0.25, -0.2) is 4.98 Å². The lowest BCUT2D eigenvalue weighted by Gasteiger charge is -2.11. The number of nitrogens with zero attached hydrogens (tertiary/aromatic N) is 2. The predicted octanol–water partition coefficient (Wildman–Crippen LogP) is 0.284. The Morgan fingerprint density at radius 2 is 2.00 bits per heavy atom. The Morgan fingerprint density at radius 3 is 2.67 bits per heavy atom. The number of aryl methyl sites for hydroxylation is 1. The Labute approximate surface area is 114 Å². The van der Waals surface area contributed by atoms with Crippen LogP contribution in [0.4, 0.5) is 0 Å². The van der Waals surface area contributed by atoms with Gasteiger partial charge in [-0.15, -0.1) is 0 Å². The zero-order chi connectivity index (χ0) is 12.3. The fraction of sp³-hybridized carbons (Fsp3) is 0.500. The number of rotatable bonds is 5. The summed E-state index contributed by atoms with van der Waals surface area (Å²) in [5.41, 5.74) is 2.11. The van der Waals surface area contributed by atoms with Gasteiger partial charge in [-0.1, -0.05) is 32.4 Å². The van der Waals surface area contributed by atoms with Crippen molar-refractivity contribution in [2.24, 2.45) is 0 Å². The van der Waals surface area contributed by atoms with Crippen molar-refractivity contribution in [2.75, 3.05) is 0 Å². The number of para-hydroxylation sites is 2. The van der Waals surface area contributed by atoms with E-state index in [4.69, 9.17) is 0 Å². The Morgan fingerprint density at radius 1 is 1.28 bits per heavy atom. The van der Waals surface area contributed by atoms with Crippen LogP contribution in [0.1, 0.15) is 45.0 Å². The van der Waals surface area contributed by atoms with Gasteiger partial charge in [0.1, 0.15) is 11.9 Å². The minimum absolute atomic E-state index is 0.